The van der Waals surface area contributed by atoms with Gasteiger partial charge in [0, 0.05) is 19.1 Å². The molecule has 22 heavy (non-hydrogen) atoms. The van der Waals surface area contributed by atoms with E-state index in [2.05, 4.69) is 17.2 Å². The van der Waals surface area contributed by atoms with E-state index < -0.39 is 0 Å². The molecule has 0 saturated carbocycles. The van der Waals surface area contributed by atoms with Gasteiger partial charge in [0.2, 0.25) is 0 Å². The number of carbonyl (C=O) groups excluding carboxylic acids is 1. The first kappa shape index (κ1) is 16.8. The zero-order chi connectivity index (χ0) is 16.3. The van der Waals surface area contributed by atoms with Gasteiger partial charge in [0.15, 0.2) is 0 Å². The lowest BCUT2D eigenvalue weighted by atomic mass is 10.2. The molecular weight excluding hydrogens is 318 g/mol. The SMILES string of the molecule is CCCc1nc(C)c(C(=O)Nc2cc(Cl)ccc2N(C)C)s1. The fourth-order valence-electron chi connectivity index (χ4n) is 2.16. The molecule has 0 aliphatic heterocycles. The van der Waals surface area contributed by atoms with Crippen LogP contribution in [0.2, 0.25) is 5.02 Å². The largest absolute Gasteiger partial charge is 0.376 e. The second kappa shape index (κ2) is 7.11. The van der Waals surface area contributed by atoms with Gasteiger partial charge in [0.1, 0.15) is 4.88 Å². The third kappa shape index (κ3) is 3.78. The molecule has 0 unspecified atom stereocenters. The molecule has 1 heterocycles. The minimum Gasteiger partial charge on any atom is -0.376 e. The fraction of sp³-hybridized carbons (Fsp3) is 0.375. The first-order chi connectivity index (χ1) is 10.4. The maximum Gasteiger partial charge on any atom is 0.267 e. The van der Waals surface area contributed by atoms with Crippen molar-refractivity contribution < 1.29 is 4.79 Å². The van der Waals surface area contributed by atoms with Crippen molar-refractivity contribution in [1.82, 2.24) is 4.98 Å². The van der Waals surface area contributed by atoms with Crippen LogP contribution in [0.3, 0.4) is 0 Å². The lowest BCUT2D eigenvalue weighted by molar-refractivity contribution is 0.103. The number of thiazole rings is 1. The lowest BCUT2D eigenvalue weighted by Gasteiger charge is -2.18. The van der Waals surface area contributed by atoms with Gasteiger partial charge < -0.3 is 10.2 Å². The van der Waals surface area contributed by atoms with Crippen molar-refractivity contribution in [3.05, 3.63) is 38.8 Å². The van der Waals surface area contributed by atoms with Crippen LogP contribution < -0.4 is 10.2 Å². The summed E-state index contributed by atoms with van der Waals surface area (Å²) in [5.41, 5.74) is 2.39. The van der Waals surface area contributed by atoms with Gasteiger partial charge in [-0.2, -0.15) is 0 Å². The molecule has 0 spiro atoms. The molecule has 0 saturated heterocycles. The van der Waals surface area contributed by atoms with Gasteiger partial charge >= 0.3 is 0 Å². The van der Waals surface area contributed by atoms with Crippen LogP contribution in [0, 0.1) is 6.92 Å². The van der Waals surface area contributed by atoms with Crippen molar-refractivity contribution in [3.63, 3.8) is 0 Å². The second-order valence-electron chi connectivity index (χ2n) is 5.28. The van der Waals surface area contributed by atoms with E-state index in [1.807, 2.05) is 38.1 Å². The van der Waals surface area contributed by atoms with E-state index in [9.17, 15) is 4.79 Å². The molecule has 0 aliphatic carbocycles. The molecule has 0 atom stereocenters. The number of halogens is 1. The Hall–Kier alpha value is -1.59. The normalized spacial score (nSPS) is 10.6. The van der Waals surface area contributed by atoms with E-state index in [-0.39, 0.29) is 5.91 Å². The summed E-state index contributed by atoms with van der Waals surface area (Å²) in [5.74, 6) is -0.136. The van der Waals surface area contributed by atoms with Crippen LogP contribution in [-0.4, -0.2) is 25.0 Å². The summed E-state index contributed by atoms with van der Waals surface area (Å²) < 4.78 is 0. The van der Waals surface area contributed by atoms with Gasteiger partial charge in [-0.25, -0.2) is 4.98 Å². The predicted octanol–water partition coefficient (Wildman–Crippen LogP) is 4.38. The highest BCUT2D eigenvalue weighted by Gasteiger charge is 2.17. The number of carbonyl (C=O) groups is 1. The van der Waals surface area contributed by atoms with E-state index in [0.29, 0.717) is 15.6 Å². The Labute approximate surface area is 140 Å². The minimum absolute atomic E-state index is 0.136. The van der Waals surface area contributed by atoms with Crippen LogP contribution in [0.5, 0.6) is 0 Å². The zero-order valence-corrected chi connectivity index (χ0v) is 14.8. The first-order valence-corrected chi connectivity index (χ1v) is 8.36. The average molecular weight is 338 g/mol. The fourth-order valence-corrected chi connectivity index (χ4v) is 3.39. The summed E-state index contributed by atoms with van der Waals surface area (Å²) in [4.78, 5) is 19.6. The van der Waals surface area contributed by atoms with Crippen molar-refractivity contribution >= 4 is 40.2 Å². The van der Waals surface area contributed by atoms with Crippen molar-refractivity contribution in [2.75, 3.05) is 24.3 Å². The van der Waals surface area contributed by atoms with Gasteiger partial charge in [0.25, 0.3) is 5.91 Å². The number of anilines is 2. The predicted molar refractivity (Wildman–Crippen MR) is 94.6 cm³/mol. The molecule has 0 radical (unpaired) electrons. The molecule has 1 aromatic carbocycles. The van der Waals surface area contributed by atoms with Crippen LogP contribution in [0.15, 0.2) is 18.2 Å². The summed E-state index contributed by atoms with van der Waals surface area (Å²) in [5, 5.41) is 4.55. The summed E-state index contributed by atoms with van der Waals surface area (Å²) in [6, 6.07) is 5.46. The minimum atomic E-state index is -0.136. The quantitative estimate of drug-likeness (QED) is 0.880. The van der Waals surface area contributed by atoms with Crippen LogP contribution in [0.25, 0.3) is 0 Å². The summed E-state index contributed by atoms with van der Waals surface area (Å²) in [7, 11) is 3.85. The third-order valence-electron chi connectivity index (χ3n) is 3.20. The number of nitrogens with one attached hydrogen (secondary N) is 1. The highest BCUT2D eigenvalue weighted by Crippen LogP contribution is 2.29. The molecule has 0 aliphatic rings. The molecule has 118 valence electrons. The number of rotatable bonds is 5. The Morgan fingerprint density at radius 3 is 2.77 bits per heavy atom. The number of hydrogen-bond donors (Lipinski definition) is 1. The number of hydrogen-bond acceptors (Lipinski definition) is 4. The van der Waals surface area contributed by atoms with E-state index in [0.717, 1.165) is 29.2 Å². The highest BCUT2D eigenvalue weighted by molar-refractivity contribution is 7.13. The Morgan fingerprint density at radius 1 is 1.41 bits per heavy atom. The van der Waals surface area contributed by atoms with E-state index in [1.54, 1.807) is 6.07 Å². The first-order valence-electron chi connectivity index (χ1n) is 7.17. The average Bonchev–Trinajstić information content (AvgIpc) is 2.80. The Kier molecular flexibility index (Phi) is 5.42. The standard InChI is InChI=1S/C16H20ClN3OS/c1-5-6-14-18-10(2)15(22-14)16(21)19-12-9-11(17)7-8-13(12)20(3)4/h7-9H,5-6H2,1-4H3,(H,19,21). The Bertz CT molecular complexity index is 682. The molecule has 4 nitrogen and oxygen atoms in total. The van der Waals surface area contributed by atoms with E-state index >= 15 is 0 Å². The maximum atomic E-state index is 12.5. The monoisotopic (exact) mass is 337 g/mol. The number of aryl methyl sites for hydroxylation is 2. The highest BCUT2D eigenvalue weighted by atomic mass is 35.5. The van der Waals surface area contributed by atoms with Crippen LogP contribution in [0.1, 0.15) is 33.7 Å². The molecule has 2 aromatic rings. The Balaban J connectivity index is 2.27. The number of nitrogens with zero attached hydrogens (tertiary/aromatic N) is 2. The molecule has 0 bridgehead atoms. The molecular formula is C16H20ClN3OS. The number of benzene rings is 1. The van der Waals surface area contributed by atoms with Crippen molar-refractivity contribution in [2.24, 2.45) is 0 Å². The van der Waals surface area contributed by atoms with E-state index in [4.69, 9.17) is 11.6 Å². The maximum absolute atomic E-state index is 12.5. The molecule has 1 aromatic heterocycles. The molecule has 1 N–H and O–H groups in total. The molecule has 6 heteroatoms. The number of amides is 1. The molecule has 0 fully saturated rings. The van der Waals surface area contributed by atoms with Crippen LogP contribution in [-0.2, 0) is 6.42 Å². The van der Waals surface area contributed by atoms with Gasteiger partial charge in [-0.05, 0) is 38.0 Å². The van der Waals surface area contributed by atoms with Gasteiger partial charge in [-0.3, -0.25) is 4.79 Å². The zero-order valence-electron chi connectivity index (χ0n) is 13.2. The lowest BCUT2D eigenvalue weighted by Crippen LogP contribution is -2.16. The summed E-state index contributed by atoms with van der Waals surface area (Å²) in [6.45, 7) is 3.97. The topological polar surface area (TPSA) is 45.2 Å². The summed E-state index contributed by atoms with van der Waals surface area (Å²) in [6.07, 6.45) is 1.92. The molecule has 2 rings (SSSR count). The van der Waals surface area contributed by atoms with Gasteiger partial charge in [-0.15, -0.1) is 11.3 Å². The van der Waals surface area contributed by atoms with Crippen molar-refractivity contribution in [3.8, 4) is 0 Å². The molecule has 1 amide bonds. The van der Waals surface area contributed by atoms with Crippen LogP contribution in [0.4, 0.5) is 11.4 Å². The van der Waals surface area contributed by atoms with Crippen LogP contribution >= 0.6 is 22.9 Å². The van der Waals surface area contributed by atoms with Gasteiger partial charge in [0.05, 0.1) is 22.1 Å². The van der Waals surface area contributed by atoms with Gasteiger partial charge in [-0.1, -0.05) is 18.5 Å². The number of aromatic nitrogens is 1. The van der Waals surface area contributed by atoms with Crippen molar-refractivity contribution in [2.45, 2.75) is 26.7 Å². The smallest absolute Gasteiger partial charge is 0.267 e. The summed E-state index contributed by atoms with van der Waals surface area (Å²) >= 11 is 7.51. The Morgan fingerprint density at radius 2 is 2.14 bits per heavy atom. The van der Waals surface area contributed by atoms with E-state index in [1.165, 1.54) is 11.3 Å². The second-order valence-corrected chi connectivity index (χ2v) is 6.80. The third-order valence-corrected chi connectivity index (χ3v) is 4.65. The van der Waals surface area contributed by atoms with Crippen molar-refractivity contribution in [1.29, 1.82) is 0 Å².